The summed E-state index contributed by atoms with van der Waals surface area (Å²) in [5, 5.41) is 0. The van der Waals surface area contributed by atoms with E-state index in [1.54, 1.807) is 0 Å². The van der Waals surface area contributed by atoms with Crippen LogP contribution in [0.4, 0.5) is 0 Å². The van der Waals surface area contributed by atoms with Gasteiger partial charge in [-0.2, -0.15) is 0 Å². The highest BCUT2D eigenvalue weighted by Crippen LogP contribution is 2.54. The van der Waals surface area contributed by atoms with Crippen molar-refractivity contribution in [1.82, 2.24) is 0 Å². The molecule has 0 spiro atoms. The van der Waals surface area contributed by atoms with Crippen LogP contribution in [0.2, 0.25) is 0 Å². The highest BCUT2D eigenvalue weighted by molar-refractivity contribution is 7.99. The van der Waals surface area contributed by atoms with Crippen molar-refractivity contribution in [3.63, 3.8) is 0 Å². The van der Waals surface area contributed by atoms with Gasteiger partial charge in [-0.15, -0.1) is 0 Å². The Kier molecular flexibility index (Phi) is 6.03. The fourth-order valence-electron chi connectivity index (χ4n) is 7.62. The van der Waals surface area contributed by atoms with Gasteiger partial charge in [0.2, 0.25) is 0 Å². The zero-order valence-electron chi connectivity index (χ0n) is 24.9. The minimum atomic E-state index is -0.187. The third-order valence-corrected chi connectivity index (χ3v) is 11.1. The van der Waals surface area contributed by atoms with Crippen molar-refractivity contribution in [2.75, 3.05) is 0 Å². The Bertz CT molecular complexity index is 1960. The van der Waals surface area contributed by atoms with Gasteiger partial charge in [0.25, 0.3) is 0 Å². The number of hydrogen-bond acceptors (Lipinski definition) is 1. The van der Waals surface area contributed by atoms with Crippen LogP contribution in [0.3, 0.4) is 0 Å². The van der Waals surface area contributed by atoms with E-state index in [0.29, 0.717) is 0 Å². The first-order valence-corrected chi connectivity index (χ1v) is 16.1. The summed E-state index contributed by atoms with van der Waals surface area (Å²) in [6.07, 6.45) is 0.901. The molecule has 0 fully saturated rings. The molecule has 2 aliphatic rings. The minimum Gasteiger partial charge on any atom is -0.0888 e. The van der Waals surface area contributed by atoms with Crippen molar-refractivity contribution in [2.24, 2.45) is 0 Å². The summed E-state index contributed by atoms with van der Waals surface area (Å²) < 4.78 is 0. The van der Waals surface area contributed by atoms with Crippen molar-refractivity contribution in [3.05, 3.63) is 178 Å². The number of benzene rings is 6. The Hall–Kier alpha value is -4.33. The Balaban J connectivity index is 1.16. The van der Waals surface area contributed by atoms with E-state index in [1.165, 1.54) is 71.0 Å². The van der Waals surface area contributed by atoms with Crippen molar-refractivity contribution < 1.29 is 0 Å². The van der Waals surface area contributed by atoms with E-state index in [9.17, 15) is 0 Å². The van der Waals surface area contributed by atoms with Crippen LogP contribution in [-0.2, 0) is 17.3 Å². The van der Waals surface area contributed by atoms with E-state index in [-0.39, 0.29) is 10.8 Å². The van der Waals surface area contributed by atoms with E-state index in [4.69, 9.17) is 0 Å². The van der Waals surface area contributed by atoms with E-state index in [0.717, 1.165) is 6.42 Å². The molecular formula is C42H34S. The zero-order valence-corrected chi connectivity index (χ0v) is 25.7. The normalized spacial score (nSPS) is 15.2. The zero-order chi connectivity index (χ0) is 29.2. The summed E-state index contributed by atoms with van der Waals surface area (Å²) in [6, 6.07) is 52.0. The quantitative estimate of drug-likeness (QED) is 0.203. The first-order valence-electron chi connectivity index (χ1n) is 15.2. The molecule has 0 N–H and O–H groups in total. The second-order valence-electron chi connectivity index (χ2n) is 12.7. The van der Waals surface area contributed by atoms with Gasteiger partial charge < -0.3 is 0 Å². The molecule has 1 aliphatic carbocycles. The summed E-state index contributed by atoms with van der Waals surface area (Å²) >= 11 is 1.92. The van der Waals surface area contributed by atoms with Crippen LogP contribution in [0.15, 0.2) is 149 Å². The summed E-state index contributed by atoms with van der Waals surface area (Å²) in [7, 11) is 0. The Morgan fingerprint density at radius 1 is 0.465 bits per heavy atom. The highest BCUT2D eigenvalue weighted by atomic mass is 32.2. The summed E-state index contributed by atoms with van der Waals surface area (Å²) in [5.74, 6) is 0. The van der Waals surface area contributed by atoms with Gasteiger partial charge in [-0.3, -0.25) is 0 Å². The highest BCUT2D eigenvalue weighted by Gasteiger charge is 2.41. The van der Waals surface area contributed by atoms with Crippen LogP contribution in [0.25, 0.3) is 22.3 Å². The topological polar surface area (TPSA) is 0 Å². The number of fused-ring (bicyclic) bond motifs is 5. The lowest BCUT2D eigenvalue weighted by Crippen LogP contribution is -2.24. The standard InChI is InChI=1S/C42H34S/c1-41(2)37-20-10-11-22-39(37)43-40-31(16-12-21-38(40)41)29-25-23-28(24-26-29)27-30-13-4-7-17-34(30)42(3)35-18-8-5-14-32(35)33-15-6-9-19-36(33)42/h4-26H,27H2,1-3H3. The Morgan fingerprint density at radius 2 is 1.00 bits per heavy atom. The van der Waals surface area contributed by atoms with Crippen molar-refractivity contribution in [2.45, 2.75) is 47.8 Å². The molecule has 43 heavy (non-hydrogen) atoms. The Morgan fingerprint density at radius 3 is 1.70 bits per heavy atom. The smallest absolute Gasteiger partial charge is 0.0438 e. The number of hydrogen-bond donors (Lipinski definition) is 0. The lowest BCUT2D eigenvalue weighted by atomic mass is 9.72. The molecule has 0 aromatic heterocycles. The first kappa shape index (κ1) is 26.3. The van der Waals surface area contributed by atoms with Gasteiger partial charge in [-0.05, 0) is 80.6 Å². The summed E-state index contributed by atoms with van der Waals surface area (Å²) in [4.78, 5) is 2.75. The fraction of sp³-hybridized carbons (Fsp3) is 0.143. The maximum atomic E-state index is 2.41. The van der Waals surface area contributed by atoms with Crippen LogP contribution in [0.1, 0.15) is 59.7 Å². The van der Waals surface area contributed by atoms with Crippen LogP contribution in [-0.4, -0.2) is 0 Å². The molecule has 0 bridgehead atoms. The molecule has 6 aromatic carbocycles. The lowest BCUT2D eigenvalue weighted by Gasteiger charge is -2.35. The molecule has 1 heteroatoms. The lowest BCUT2D eigenvalue weighted by molar-refractivity contribution is 0.608. The predicted octanol–water partition coefficient (Wildman–Crippen LogP) is 11.1. The van der Waals surface area contributed by atoms with Crippen LogP contribution in [0.5, 0.6) is 0 Å². The maximum Gasteiger partial charge on any atom is 0.0438 e. The molecule has 8 rings (SSSR count). The predicted molar refractivity (Wildman–Crippen MR) is 181 cm³/mol. The molecule has 0 radical (unpaired) electrons. The summed E-state index contributed by atoms with van der Waals surface area (Å²) in [6.45, 7) is 7.13. The van der Waals surface area contributed by atoms with Gasteiger partial charge in [0.15, 0.2) is 0 Å². The molecule has 0 atom stereocenters. The van der Waals surface area contributed by atoms with E-state index < -0.39 is 0 Å². The monoisotopic (exact) mass is 570 g/mol. The van der Waals surface area contributed by atoms with E-state index in [2.05, 4.69) is 160 Å². The molecule has 1 heterocycles. The molecule has 1 aliphatic heterocycles. The van der Waals surface area contributed by atoms with Gasteiger partial charge in [0, 0.05) is 20.6 Å². The SMILES string of the molecule is CC1(C)c2ccccc2Sc2c(-c3ccc(Cc4ccccc4C4(C)c5ccccc5-c5ccccc54)cc3)cccc21. The van der Waals surface area contributed by atoms with Crippen LogP contribution in [0, 0.1) is 0 Å². The molecule has 0 nitrogen and oxygen atoms in total. The van der Waals surface area contributed by atoms with Crippen molar-refractivity contribution in [1.29, 1.82) is 0 Å². The van der Waals surface area contributed by atoms with Crippen molar-refractivity contribution >= 4 is 11.8 Å². The molecule has 0 unspecified atom stereocenters. The average molecular weight is 571 g/mol. The van der Waals surface area contributed by atoms with Gasteiger partial charge in [0.05, 0.1) is 0 Å². The molecule has 6 aromatic rings. The van der Waals surface area contributed by atoms with Crippen LogP contribution < -0.4 is 0 Å². The molecule has 0 amide bonds. The van der Waals surface area contributed by atoms with Gasteiger partial charge >= 0.3 is 0 Å². The third kappa shape index (κ3) is 3.98. The largest absolute Gasteiger partial charge is 0.0888 e. The number of rotatable bonds is 4. The minimum absolute atomic E-state index is 0.0234. The van der Waals surface area contributed by atoms with Gasteiger partial charge in [0.1, 0.15) is 0 Å². The second kappa shape index (κ2) is 9.86. The second-order valence-corrected chi connectivity index (χ2v) is 13.7. The maximum absolute atomic E-state index is 2.41. The van der Waals surface area contributed by atoms with Crippen molar-refractivity contribution in [3.8, 4) is 22.3 Å². The molecule has 0 saturated heterocycles. The third-order valence-electron chi connectivity index (χ3n) is 9.90. The van der Waals surface area contributed by atoms with E-state index in [1.807, 2.05) is 11.8 Å². The van der Waals surface area contributed by atoms with E-state index >= 15 is 0 Å². The fourth-order valence-corrected chi connectivity index (χ4v) is 9.15. The average Bonchev–Trinajstić information content (AvgIpc) is 3.31. The molecular weight excluding hydrogens is 537 g/mol. The van der Waals surface area contributed by atoms with Crippen LogP contribution >= 0.6 is 11.8 Å². The molecule has 0 saturated carbocycles. The van der Waals surface area contributed by atoms with Gasteiger partial charge in [-0.1, -0.05) is 159 Å². The Labute approximate surface area is 259 Å². The van der Waals surface area contributed by atoms with Gasteiger partial charge in [-0.25, -0.2) is 0 Å². The summed E-state index contributed by atoms with van der Waals surface area (Å²) in [5.41, 5.74) is 14.8. The first-order chi connectivity index (χ1) is 21.0. The molecule has 208 valence electrons.